The van der Waals surface area contributed by atoms with Gasteiger partial charge in [-0.05, 0) is 34.5 Å². The maximum absolute atomic E-state index is 12.5. The Labute approximate surface area is 130 Å². The van der Waals surface area contributed by atoms with Crippen LogP contribution in [0.1, 0.15) is 10.7 Å². The van der Waals surface area contributed by atoms with Crippen LogP contribution in [0.25, 0.3) is 0 Å². The van der Waals surface area contributed by atoms with Crippen molar-refractivity contribution in [3.63, 3.8) is 0 Å². The predicted molar refractivity (Wildman–Crippen MR) is 76.3 cm³/mol. The van der Waals surface area contributed by atoms with Gasteiger partial charge in [-0.3, -0.25) is 0 Å². The van der Waals surface area contributed by atoms with Crippen molar-refractivity contribution in [2.24, 2.45) is 0 Å². The first kappa shape index (κ1) is 15.5. The minimum Gasteiger partial charge on any atom is -0.370 e. The summed E-state index contributed by atoms with van der Waals surface area (Å²) in [7, 11) is 0. The van der Waals surface area contributed by atoms with Crippen LogP contribution in [0.3, 0.4) is 0 Å². The van der Waals surface area contributed by atoms with Crippen LogP contribution < -0.4 is 5.32 Å². The molecule has 0 aromatic carbocycles. The number of rotatable bonds is 4. The number of nitrogens with zero attached hydrogens (tertiary/aromatic N) is 2. The third-order valence-electron chi connectivity index (χ3n) is 2.25. The summed E-state index contributed by atoms with van der Waals surface area (Å²) >= 11 is 10.5. The van der Waals surface area contributed by atoms with Gasteiger partial charge in [-0.15, -0.1) is 11.3 Å². The summed E-state index contributed by atoms with van der Waals surface area (Å²) in [6, 6.07) is 5.13. The molecule has 0 radical (unpaired) electrons. The fourth-order valence-electron chi connectivity index (χ4n) is 1.43. The quantitative estimate of drug-likeness (QED) is 0.779. The van der Waals surface area contributed by atoms with Gasteiger partial charge in [-0.1, -0.05) is 11.6 Å². The predicted octanol–water partition coefficient (Wildman–Crippen LogP) is 4.63. The van der Waals surface area contributed by atoms with Gasteiger partial charge in [0.2, 0.25) is 5.82 Å². The Kier molecular flexibility index (Phi) is 4.87. The molecule has 0 fully saturated rings. The van der Waals surface area contributed by atoms with Crippen molar-refractivity contribution in [3.05, 3.63) is 37.8 Å². The number of anilines is 1. The molecule has 0 atom stereocenters. The van der Waals surface area contributed by atoms with E-state index in [4.69, 9.17) is 11.6 Å². The highest BCUT2D eigenvalue weighted by molar-refractivity contribution is 9.11. The fraction of sp³-hybridized carbons (Fsp3) is 0.273. The van der Waals surface area contributed by atoms with Gasteiger partial charge in [-0.2, -0.15) is 13.2 Å². The van der Waals surface area contributed by atoms with Crippen LogP contribution in [0.2, 0.25) is 5.15 Å². The van der Waals surface area contributed by atoms with Gasteiger partial charge in [0, 0.05) is 17.5 Å². The van der Waals surface area contributed by atoms with Crippen LogP contribution in [-0.2, 0) is 12.6 Å². The van der Waals surface area contributed by atoms with Gasteiger partial charge in [0.05, 0.1) is 3.79 Å². The number of nitrogens with one attached hydrogen (secondary N) is 1. The molecule has 0 aliphatic carbocycles. The molecular weight excluding hydrogens is 379 g/mol. The highest BCUT2D eigenvalue weighted by Gasteiger charge is 2.35. The summed E-state index contributed by atoms with van der Waals surface area (Å²) in [6.07, 6.45) is -3.93. The standard InChI is InChI=1S/C11H8BrClF3N3S/c12-7-2-1-6(20-7)3-4-17-9-5-8(13)18-10(19-9)11(14,15)16/h1-2,5H,3-4H2,(H,17,18,19). The molecule has 2 rings (SSSR count). The zero-order valence-electron chi connectivity index (χ0n) is 9.84. The number of halogens is 5. The van der Waals surface area contributed by atoms with Gasteiger partial charge < -0.3 is 5.32 Å². The molecule has 0 saturated carbocycles. The minimum absolute atomic E-state index is 0.0629. The summed E-state index contributed by atoms with van der Waals surface area (Å²) in [4.78, 5) is 7.68. The molecular formula is C11H8BrClF3N3S. The molecule has 0 spiro atoms. The van der Waals surface area contributed by atoms with E-state index in [0.29, 0.717) is 13.0 Å². The second kappa shape index (κ2) is 6.28. The van der Waals surface area contributed by atoms with Gasteiger partial charge >= 0.3 is 6.18 Å². The van der Waals surface area contributed by atoms with E-state index in [0.717, 1.165) is 8.66 Å². The Morgan fingerprint density at radius 3 is 2.65 bits per heavy atom. The third kappa shape index (κ3) is 4.32. The lowest BCUT2D eigenvalue weighted by Crippen LogP contribution is -2.14. The van der Waals surface area contributed by atoms with Crippen molar-refractivity contribution in [3.8, 4) is 0 Å². The number of hydrogen-bond acceptors (Lipinski definition) is 4. The normalized spacial score (nSPS) is 11.7. The summed E-state index contributed by atoms with van der Waals surface area (Å²) in [5, 5.41) is 2.57. The van der Waals surface area contributed by atoms with E-state index in [1.54, 1.807) is 11.3 Å². The number of hydrogen-bond donors (Lipinski definition) is 1. The summed E-state index contributed by atoms with van der Waals surface area (Å²) in [5.74, 6) is -1.18. The lowest BCUT2D eigenvalue weighted by atomic mass is 10.3. The molecule has 1 N–H and O–H groups in total. The Hall–Kier alpha value is -0.860. The van der Waals surface area contributed by atoms with Crippen LogP contribution in [0.5, 0.6) is 0 Å². The van der Waals surface area contributed by atoms with Crippen molar-refractivity contribution >= 4 is 44.7 Å². The zero-order valence-corrected chi connectivity index (χ0v) is 13.0. The van der Waals surface area contributed by atoms with E-state index in [9.17, 15) is 13.2 Å². The van der Waals surface area contributed by atoms with E-state index in [1.165, 1.54) is 6.07 Å². The molecule has 0 aliphatic rings. The monoisotopic (exact) mass is 385 g/mol. The molecule has 2 aromatic rings. The molecule has 0 amide bonds. The number of thiophene rings is 1. The Morgan fingerprint density at radius 1 is 1.30 bits per heavy atom. The fourth-order valence-corrected chi connectivity index (χ4v) is 3.10. The molecule has 3 nitrogen and oxygen atoms in total. The van der Waals surface area contributed by atoms with Gasteiger partial charge in [0.25, 0.3) is 0 Å². The topological polar surface area (TPSA) is 37.8 Å². The molecule has 0 unspecified atom stereocenters. The highest BCUT2D eigenvalue weighted by Crippen LogP contribution is 2.28. The molecule has 2 heterocycles. The average molecular weight is 387 g/mol. The molecule has 0 saturated heterocycles. The summed E-state index contributed by atoms with van der Waals surface area (Å²) < 4.78 is 38.6. The van der Waals surface area contributed by atoms with Crippen molar-refractivity contribution in [1.29, 1.82) is 0 Å². The third-order valence-corrected chi connectivity index (χ3v) is 4.13. The lowest BCUT2D eigenvalue weighted by molar-refractivity contribution is -0.144. The van der Waals surface area contributed by atoms with E-state index >= 15 is 0 Å². The van der Waals surface area contributed by atoms with Crippen molar-refractivity contribution in [2.75, 3.05) is 11.9 Å². The number of alkyl halides is 3. The maximum Gasteiger partial charge on any atom is 0.451 e. The second-order valence-electron chi connectivity index (χ2n) is 3.78. The second-order valence-corrected chi connectivity index (χ2v) is 6.71. The van der Waals surface area contributed by atoms with E-state index < -0.39 is 12.0 Å². The first-order valence-corrected chi connectivity index (χ1v) is 7.43. The van der Waals surface area contributed by atoms with E-state index in [-0.39, 0.29) is 11.0 Å². The van der Waals surface area contributed by atoms with Crippen LogP contribution in [0.15, 0.2) is 22.0 Å². The Bertz CT molecular complexity index is 603. The van der Waals surface area contributed by atoms with E-state index in [2.05, 4.69) is 31.2 Å². The minimum atomic E-state index is -4.61. The van der Waals surface area contributed by atoms with Gasteiger partial charge in [-0.25, -0.2) is 9.97 Å². The van der Waals surface area contributed by atoms with Gasteiger partial charge in [0.1, 0.15) is 11.0 Å². The molecule has 108 valence electrons. The van der Waals surface area contributed by atoms with E-state index in [1.807, 2.05) is 12.1 Å². The van der Waals surface area contributed by atoms with Gasteiger partial charge in [0.15, 0.2) is 0 Å². The molecule has 9 heteroatoms. The van der Waals surface area contributed by atoms with Crippen molar-refractivity contribution < 1.29 is 13.2 Å². The summed E-state index contributed by atoms with van der Waals surface area (Å²) in [5.41, 5.74) is 0. The van der Waals surface area contributed by atoms with Crippen LogP contribution >= 0.6 is 38.9 Å². The average Bonchev–Trinajstić information content (AvgIpc) is 2.73. The highest BCUT2D eigenvalue weighted by atomic mass is 79.9. The smallest absolute Gasteiger partial charge is 0.370 e. The molecule has 0 aliphatic heterocycles. The molecule has 2 aromatic heterocycles. The molecule has 0 bridgehead atoms. The SMILES string of the molecule is FC(F)(F)c1nc(Cl)cc(NCCc2ccc(Br)s2)n1. The van der Waals surface area contributed by atoms with Crippen molar-refractivity contribution in [1.82, 2.24) is 9.97 Å². The Balaban J connectivity index is 2.00. The van der Waals surface area contributed by atoms with Crippen LogP contribution in [-0.4, -0.2) is 16.5 Å². The summed E-state index contributed by atoms with van der Waals surface area (Å²) in [6.45, 7) is 0.456. The van der Waals surface area contributed by atoms with Crippen LogP contribution in [0, 0.1) is 0 Å². The zero-order chi connectivity index (χ0) is 14.8. The lowest BCUT2D eigenvalue weighted by Gasteiger charge is -2.09. The molecule has 20 heavy (non-hydrogen) atoms. The largest absolute Gasteiger partial charge is 0.451 e. The van der Waals surface area contributed by atoms with Crippen molar-refractivity contribution in [2.45, 2.75) is 12.6 Å². The maximum atomic E-state index is 12.5. The number of aromatic nitrogens is 2. The van der Waals surface area contributed by atoms with Crippen LogP contribution in [0.4, 0.5) is 19.0 Å². The first-order valence-electron chi connectivity index (χ1n) is 5.44. The Morgan fingerprint density at radius 2 is 2.05 bits per heavy atom. The first-order chi connectivity index (χ1) is 9.34.